The lowest BCUT2D eigenvalue weighted by atomic mass is 9.81. The Morgan fingerprint density at radius 3 is 2.25 bits per heavy atom. The maximum Gasteiger partial charge on any atom is 0.225 e. The van der Waals surface area contributed by atoms with Gasteiger partial charge in [-0.15, -0.1) is 6.42 Å². The van der Waals surface area contributed by atoms with Crippen molar-refractivity contribution in [1.82, 2.24) is 9.80 Å². The van der Waals surface area contributed by atoms with E-state index in [0.29, 0.717) is 18.4 Å². The average molecular weight is 501 g/mol. The SMILES string of the molecule is C#CCN1CCN(C(=O)C2CCC(OC=C)CC2)CC1.C=C(/C=C/CO)C1CCC2(CC1)OCCO2. The number of nitrogens with zero attached hydrogens (tertiary/aromatic N) is 2. The number of hydrogen-bond acceptors (Lipinski definition) is 6. The van der Waals surface area contributed by atoms with Crippen LogP contribution in [0.3, 0.4) is 0 Å². The number of carbonyl (C=O) groups is 1. The molecule has 0 atom stereocenters. The van der Waals surface area contributed by atoms with Crippen LogP contribution in [-0.4, -0.2) is 85.2 Å². The van der Waals surface area contributed by atoms with Gasteiger partial charge in [0.25, 0.3) is 0 Å². The first-order valence-electron chi connectivity index (χ1n) is 13.5. The Bertz CT molecular complexity index is 772. The van der Waals surface area contributed by atoms with Gasteiger partial charge in [0, 0.05) is 44.9 Å². The van der Waals surface area contributed by atoms with Gasteiger partial charge in [-0.3, -0.25) is 9.69 Å². The van der Waals surface area contributed by atoms with Crippen LogP contribution in [0.15, 0.2) is 37.1 Å². The van der Waals surface area contributed by atoms with E-state index < -0.39 is 0 Å². The van der Waals surface area contributed by atoms with E-state index in [4.69, 9.17) is 25.7 Å². The summed E-state index contributed by atoms with van der Waals surface area (Å²) in [5.41, 5.74) is 1.11. The molecule has 200 valence electrons. The van der Waals surface area contributed by atoms with Crippen LogP contribution in [0.2, 0.25) is 0 Å². The third-order valence-electron chi connectivity index (χ3n) is 7.83. The number of carbonyl (C=O) groups excluding carboxylic acids is 1. The van der Waals surface area contributed by atoms with Gasteiger partial charge >= 0.3 is 0 Å². The Hall–Kier alpha value is -2.11. The summed E-state index contributed by atoms with van der Waals surface area (Å²) >= 11 is 0. The van der Waals surface area contributed by atoms with E-state index in [0.717, 1.165) is 96.3 Å². The molecule has 4 rings (SSSR count). The molecule has 2 saturated heterocycles. The molecule has 2 aliphatic carbocycles. The molecule has 0 unspecified atom stereocenters. The van der Waals surface area contributed by atoms with Gasteiger partial charge in [0.1, 0.15) is 0 Å². The number of ether oxygens (including phenoxy) is 3. The molecule has 0 aromatic rings. The lowest BCUT2D eigenvalue weighted by molar-refractivity contribution is -0.180. The number of aliphatic hydroxyl groups excluding tert-OH is 1. The minimum atomic E-state index is -0.280. The van der Waals surface area contributed by atoms with Gasteiger partial charge in [0.05, 0.1) is 38.7 Å². The average Bonchev–Trinajstić information content (AvgIpc) is 3.36. The van der Waals surface area contributed by atoms with Crippen LogP contribution in [0, 0.1) is 24.2 Å². The molecule has 36 heavy (non-hydrogen) atoms. The van der Waals surface area contributed by atoms with E-state index >= 15 is 0 Å². The maximum absolute atomic E-state index is 12.5. The Labute approximate surface area is 217 Å². The molecule has 4 aliphatic rings. The molecule has 0 radical (unpaired) electrons. The van der Waals surface area contributed by atoms with Crippen molar-refractivity contribution in [2.75, 3.05) is 52.5 Å². The van der Waals surface area contributed by atoms with Crippen molar-refractivity contribution in [3.05, 3.63) is 37.1 Å². The molecular formula is C29H44N2O5. The summed E-state index contributed by atoms with van der Waals surface area (Å²) in [5.74, 6) is 3.40. The molecule has 0 bridgehead atoms. The molecule has 1 amide bonds. The lowest BCUT2D eigenvalue weighted by Gasteiger charge is -2.37. The fourth-order valence-electron chi connectivity index (χ4n) is 5.65. The topological polar surface area (TPSA) is 71.5 Å². The minimum absolute atomic E-state index is 0.0852. The van der Waals surface area contributed by atoms with Crippen molar-refractivity contribution in [1.29, 1.82) is 0 Å². The van der Waals surface area contributed by atoms with Gasteiger partial charge < -0.3 is 24.2 Å². The van der Waals surface area contributed by atoms with E-state index in [9.17, 15) is 4.79 Å². The van der Waals surface area contributed by atoms with Crippen LogP contribution in [0.5, 0.6) is 0 Å². The zero-order valence-corrected chi connectivity index (χ0v) is 21.7. The van der Waals surface area contributed by atoms with Crippen LogP contribution in [0.25, 0.3) is 0 Å². The number of piperazine rings is 1. The summed E-state index contributed by atoms with van der Waals surface area (Å²) in [5, 5.41) is 8.71. The molecule has 4 fully saturated rings. The molecule has 7 nitrogen and oxygen atoms in total. The van der Waals surface area contributed by atoms with Crippen molar-refractivity contribution in [2.45, 2.75) is 63.3 Å². The second kappa shape index (κ2) is 14.6. The number of rotatable bonds is 7. The van der Waals surface area contributed by atoms with Crippen LogP contribution in [0.4, 0.5) is 0 Å². The van der Waals surface area contributed by atoms with Crippen LogP contribution >= 0.6 is 0 Å². The number of hydrogen-bond donors (Lipinski definition) is 1. The summed E-state index contributed by atoms with van der Waals surface area (Å²) < 4.78 is 16.8. The molecule has 0 aromatic carbocycles. The zero-order chi connectivity index (χ0) is 25.8. The van der Waals surface area contributed by atoms with E-state index in [-0.39, 0.29) is 24.4 Å². The molecule has 7 heteroatoms. The second-order valence-corrected chi connectivity index (χ2v) is 10.1. The van der Waals surface area contributed by atoms with Gasteiger partial charge in [0.2, 0.25) is 5.91 Å². The standard InChI is InChI=1S/C16H24N2O2.C13H20O3/c1-3-9-17-10-12-18(13-11-17)16(19)14-5-7-15(8-6-14)20-4-2;1-11(3-2-8-14)12-4-6-13(7-5-12)15-9-10-16-13/h1,4,14-15H,2,5-13H2;2-3,12,14H,1,4-10H2/b;3-2+. The molecule has 2 aliphatic heterocycles. The predicted octanol–water partition coefficient (Wildman–Crippen LogP) is 3.51. The largest absolute Gasteiger partial charge is 0.499 e. The maximum atomic E-state index is 12.5. The first kappa shape index (κ1) is 28.5. The third-order valence-corrected chi connectivity index (χ3v) is 7.83. The first-order valence-corrected chi connectivity index (χ1v) is 13.5. The Morgan fingerprint density at radius 1 is 1.06 bits per heavy atom. The number of terminal acetylenes is 1. The molecular weight excluding hydrogens is 456 g/mol. The van der Waals surface area contributed by atoms with Gasteiger partial charge in [-0.1, -0.05) is 36.8 Å². The quantitative estimate of drug-likeness (QED) is 0.328. The summed E-state index contributed by atoms with van der Waals surface area (Å²) in [4.78, 5) is 16.7. The lowest BCUT2D eigenvalue weighted by Crippen LogP contribution is -2.50. The highest BCUT2D eigenvalue weighted by Gasteiger charge is 2.40. The second-order valence-electron chi connectivity index (χ2n) is 10.1. The fourth-order valence-corrected chi connectivity index (χ4v) is 5.65. The summed E-state index contributed by atoms with van der Waals surface area (Å²) in [6.45, 7) is 13.3. The highest BCUT2D eigenvalue weighted by molar-refractivity contribution is 5.79. The highest BCUT2D eigenvalue weighted by atomic mass is 16.7. The first-order chi connectivity index (χ1) is 17.5. The molecule has 1 spiro atoms. The monoisotopic (exact) mass is 500 g/mol. The predicted molar refractivity (Wildman–Crippen MR) is 141 cm³/mol. The highest BCUT2D eigenvalue weighted by Crippen LogP contribution is 2.40. The van der Waals surface area contributed by atoms with E-state index in [1.807, 2.05) is 11.0 Å². The van der Waals surface area contributed by atoms with E-state index in [2.05, 4.69) is 24.0 Å². The van der Waals surface area contributed by atoms with Crippen molar-refractivity contribution >= 4 is 5.91 Å². The number of aliphatic hydroxyl groups is 1. The van der Waals surface area contributed by atoms with Crippen LogP contribution in [0.1, 0.15) is 51.4 Å². The Balaban J connectivity index is 0.000000205. The van der Waals surface area contributed by atoms with Gasteiger partial charge in [-0.2, -0.15) is 0 Å². The van der Waals surface area contributed by atoms with Gasteiger partial charge in [-0.05, 0) is 44.4 Å². The van der Waals surface area contributed by atoms with Crippen molar-refractivity contribution < 1.29 is 24.1 Å². The number of allylic oxidation sites excluding steroid dienone is 2. The molecule has 2 heterocycles. The van der Waals surface area contributed by atoms with Crippen molar-refractivity contribution in [2.24, 2.45) is 11.8 Å². The smallest absolute Gasteiger partial charge is 0.225 e. The summed E-state index contributed by atoms with van der Waals surface area (Å²) in [6, 6.07) is 0. The van der Waals surface area contributed by atoms with Crippen LogP contribution < -0.4 is 0 Å². The normalized spacial score (nSPS) is 26.7. The van der Waals surface area contributed by atoms with Crippen LogP contribution in [-0.2, 0) is 19.0 Å². The Morgan fingerprint density at radius 2 is 1.69 bits per heavy atom. The molecule has 2 saturated carbocycles. The fraction of sp³-hybridized carbons (Fsp3) is 0.690. The summed E-state index contributed by atoms with van der Waals surface area (Å²) in [6.07, 6.45) is 18.6. The van der Waals surface area contributed by atoms with E-state index in [1.165, 1.54) is 6.26 Å². The van der Waals surface area contributed by atoms with Gasteiger partial charge in [-0.25, -0.2) is 0 Å². The summed E-state index contributed by atoms with van der Waals surface area (Å²) in [7, 11) is 0. The zero-order valence-electron chi connectivity index (χ0n) is 21.7. The van der Waals surface area contributed by atoms with Gasteiger partial charge in [0.15, 0.2) is 5.79 Å². The third kappa shape index (κ3) is 8.21. The number of amides is 1. The van der Waals surface area contributed by atoms with Crippen molar-refractivity contribution in [3.63, 3.8) is 0 Å². The van der Waals surface area contributed by atoms with E-state index in [1.54, 1.807) is 6.08 Å². The minimum Gasteiger partial charge on any atom is -0.499 e. The molecule has 0 aromatic heterocycles. The van der Waals surface area contributed by atoms with Crippen molar-refractivity contribution in [3.8, 4) is 12.3 Å². The molecule has 1 N–H and O–H groups in total. The Kier molecular flexibility index (Phi) is 11.5.